The van der Waals surface area contributed by atoms with E-state index >= 15 is 0 Å². The van der Waals surface area contributed by atoms with Crippen molar-refractivity contribution < 1.29 is 18.9 Å². The number of unbranched alkanes of at least 4 members (excludes halogenated alkanes) is 2. The lowest BCUT2D eigenvalue weighted by Crippen LogP contribution is -2.37. The van der Waals surface area contributed by atoms with Gasteiger partial charge in [0.05, 0.1) is 18.8 Å². The van der Waals surface area contributed by atoms with E-state index < -0.39 is 0 Å². The number of rotatable bonds is 11. The molecule has 1 aromatic rings. The topological polar surface area (TPSA) is 36.9 Å². The normalized spacial score (nSPS) is 26.3. The molecule has 2 aliphatic rings. The summed E-state index contributed by atoms with van der Waals surface area (Å²) in [4.78, 5) is 0. The number of ether oxygens (including phenoxy) is 4. The van der Waals surface area contributed by atoms with Crippen LogP contribution in [-0.2, 0) is 25.6 Å². The van der Waals surface area contributed by atoms with Gasteiger partial charge < -0.3 is 18.9 Å². The van der Waals surface area contributed by atoms with Crippen LogP contribution in [0, 0.1) is 0 Å². The minimum atomic E-state index is 0.0489. The Hall–Kier alpha value is -0.940. The maximum atomic E-state index is 5.91. The summed E-state index contributed by atoms with van der Waals surface area (Å²) in [7, 11) is 0. The van der Waals surface area contributed by atoms with E-state index in [-0.39, 0.29) is 6.29 Å². The van der Waals surface area contributed by atoms with Gasteiger partial charge in [-0.15, -0.1) is 0 Å². The van der Waals surface area contributed by atoms with E-state index in [0.29, 0.717) is 18.8 Å². The molecule has 4 nitrogen and oxygen atoms in total. The predicted molar refractivity (Wildman–Crippen MR) is 97.4 cm³/mol. The Bertz CT molecular complexity index is 452. The Kier molecular flexibility index (Phi) is 8.23. The van der Waals surface area contributed by atoms with Crippen LogP contribution < -0.4 is 0 Å². The molecule has 0 spiro atoms. The van der Waals surface area contributed by atoms with Gasteiger partial charge in [-0.05, 0) is 56.9 Å². The van der Waals surface area contributed by atoms with E-state index in [1.165, 1.54) is 18.4 Å². The van der Waals surface area contributed by atoms with Gasteiger partial charge in [0.1, 0.15) is 0 Å². The zero-order valence-electron chi connectivity index (χ0n) is 15.2. The van der Waals surface area contributed by atoms with E-state index in [9.17, 15) is 0 Å². The molecule has 1 unspecified atom stereocenters. The summed E-state index contributed by atoms with van der Waals surface area (Å²) in [5, 5.41) is 0. The van der Waals surface area contributed by atoms with Gasteiger partial charge in [0.15, 0.2) is 6.29 Å². The van der Waals surface area contributed by atoms with Crippen molar-refractivity contribution in [3.8, 4) is 0 Å². The Morgan fingerprint density at radius 3 is 2.36 bits per heavy atom. The molecule has 1 saturated heterocycles. The van der Waals surface area contributed by atoms with Crippen molar-refractivity contribution in [2.75, 3.05) is 19.8 Å². The molecule has 0 N–H and O–H groups in total. The van der Waals surface area contributed by atoms with Crippen LogP contribution in [-0.4, -0.2) is 38.3 Å². The zero-order valence-corrected chi connectivity index (χ0v) is 15.2. The molecular weight excluding hydrogens is 316 g/mol. The van der Waals surface area contributed by atoms with Gasteiger partial charge in [-0.1, -0.05) is 30.3 Å². The highest BCUT2D eigenvalue weighted by Crippen LogP contribution is 2.27. The minimum Gasteiger partial charge on any atom is -0.378 e. The summed E-state index contributed by atoms with van der Waals surface area (Å²) >= 11 is 0. The van der Waals surface area contributed by atoms with Crippen LogP contribution in [0.15, 0.2) is 30.3 Å². The van der Waals surface area contributed by atoms with Gasteiger partial charge in [0.25, 0.3) is 0 Å². The molecule has 1 aliphatic heterocycles. The molecule has 1 aliphatic carbocycles. The average molecular weight is 348 g/mol. The fourth-order valence-corrected chi connectivity index (χ4v) is 3.27. The van der Waals surface area contributed by atoms with E-state index in [0.717, 1.165) is 58.3 Å². The Labute approximate surface area is 151 Å². The fraction of sp³-hybridized carbons (Fsp3) is 0.714. The summed E-state index contributed by atoms with van der Waals surface area (Å²) in [5.41, 5.74) is 1.24. The van der Waals surface area contributed by atoms with Gasteiger partial charge in [0, 0.05) is 19.8 Å². The quantitative estimate of drug-likeness (QED) is 0.553. The maximum absolute atomic E-state index is 5.91. The summed E-state index contributed by atoms with van der Waals surface area (Å²) in [6, 6.07) is 10.4. The number of benzene rings is 1. The summed E-state index contributed by atoms with van der Waals surface area (Å²) < 4.78 is 23.1. The highest BCUT2D eigenvalue weighted by Gasteiger charge is 2.30. The second-order valence-electron chi connectivity index (χ2n) is 7.11. The van der Waals surface area contributed by atoms with E-state index in [2.05, 4.69) is 24.3 Å². The second-order valence-corrected chi connectivity index (χ2v) is 7.11. The summed E-state index contributed by atoms with van der Waals surface area (Å²) in [5.74, 6) is 0. The van der Waals surface area contributed by atoms with Crippen molar-refractivity contribution in [3.63, 3.8) is 0 Å². The lowest BCUT2D eigenvalue weighted by atomic mass is 9.92. The van der Waals surface area contributed by atoms with Crippen LogP contribution >= 0.6 is 0 Å². The molecule has 3 rings (SSSR count). The number of hydrogen-bond acceptors (Lipinski definition) is 4. The lowest BCUT2D eigenvalue weighted by Gasteiger charge is -2.35. The summed E-state index contributed by atoms with van der Waals surface area (Å²) in [6.07, 6.45) is 9.72. The molecule has 1 atom stereocenters. The first-order valence-corrected chi connectivity index (χ1v) is 9.90. The average Bonchev–Trinajstić information content (AvgIpc) is 2.63. The van der Waals surface area contributed by atoms with E-state index in [1.54, 1.807) is 0 Å². The first kappa shape index (κ1) is 18.8. The minimum absolute atomic E-state index is 0.0489. The van der Waals surface area contributed by atoms with Gasteiger partial charge in [-0.2, -0.15) is 0 Å². The highest BCUT2D eigenvalue weighted by atomic mass is 16.7. The molecule has 0 bridgehead atoms. The standard InChI is InChI=1S/C21H32O4/c1-3-9-18(10-4-1)17-25-20-15-19(16-20)22-12-6-2-7-13-23-21-11-5-8-14-24-21/h1,3-4,9-10,19-21H,2,5-8,11-17H2/t19-,20-,21?. The van der Waals surface area contributed by atoms with Crippen molar-refractivity contribution >= 4 is 0 Å². The Balaban J connectivity index is 1.11. The van der Waals surface area contributed by atoms with Gasteiger partial charge in [-0.25, -0.2) is 0 Å². The van der Waals surface area contributed by atoms with Crippen LogP contribution in [0.4, 0.5) is 0 Å². The highest BCUT2D eigenvalue weighted by molar-refractivity contribution is 5.13. The van der Waals surface area contributed by atoms with Crippen LogP contribution in [0.1, 0.15) is 56.9 Å². The third kappa shape index (κ3) is 7.06. The first-order chi connectivity index (χ1) is 12.4. The van der Waals surface area contributed by atoms with Crippen molar-refractivity contribution in [1.82, 2.24) is 0 Å². The van der Waals surface area contributed by atoms with Crippen LogP contribution in [0.5, 0.6) is 0 Å². The van der Waals surface area contributed by atoms with Crippen molar-refractivity contribution in [1.29, 1.82) is 0 Å². The Morgan fingerprint density at radius 2 is 1.60 bits per heavy atom. The molecular formula is C21H32O4. The monoisotopic (exact) mass is 348 g/mol. The zero-order chi connectivity index (χ0) is 17.2. The molecule has 140 valence electrons. The van der Waals surface area contributed by atoms with Crippen LogP contribution in [0.25, 0.3) is 0 Å². The Morgan fingerprint density at radius 1 is 0.840 bits per heavy atom. The van der Waals surface area contributed by atoms with E-state index in [4.69, 9.17) is 18.9 Å². The van der Waals surface area contributed by atoms with Crippen molar-refractivity contribution in [3.05, 3.63) is 35.9 Å². The van der Waals surface area contributed by atoms with Crippen LogP contribution in [0.2, 0.25) is 0 Å². The van der Waals surface area contributed by atoms with Gasteiger partial charge >= 0.3 is 0 Å². The van der Waals surface area contributed by atoms with Gasteiger partial charge in [-0.3, -0.25) is 0 Å². The molecule has 0 aromatic heterocycles. The second kappa shape index (κ2) is 10.9. The van der Waals surface area contributed by atoms with Crippen molar-refractivity contribution in [2.24, 2.45) is 0 Å². The van der Waals surface area contributed by atoms with Crippen molar-refractivity contribution in [2.45, 2.75) is 76.5 Å². The molecule has 0 amide bonds. The molecule has 0 radical (unpaired) electrons. The molecule has 25 heavy (non-hydrogen) atoms. The number of hydrogen-bond donors (Lipinski definition) is 0. The first-order valence-electron chi connectivity index (χ1n) is 9.90. The third-order valence-corrected chi connectivity index (χ3v) is 4.96. The third-order valence-electron chi connectivity index (χ3n) is 4.96. The molecule has 1 heterocycles. The predicted octanol–water partition coefficient (Wildman–Crippen LogP) is 4.46. The summed E-state index contributed by atoms with van der Waals surface area (Å²) in [6.45, 7) is 3.23. The van der Waals surface area contributed by atoms with Crippen LogP contribution in [0.3, 0.4) is 0 Å². The SMILES string of the molecule is c1ccc(CO[C@H]2C[C@H](OCCCCCOC3CCCCO3)C2)cc1. The largest absolute Gasteiger partial charge is 0.378 e. The molecule has 4 heteroatoms. The molecule has 1 saturated carbocycles. The van der Waals surface area contributed by atoms with Gasteiger partial charge in [0.2, 0.25) is 0 Å². The molecule has 2 fully saturated rings. The maximum Gasteiger partial charge on any atom is 0.157 e. The van der Waals surface area contributed by atoms with E-state index in [1.807, 2.05) is 6.07 Å². The lowest BCUT2D eigenvalue weighted by molar-refractivity contribution is -0.163. The fourth-order valence-electron chi connectivity index (χ4n) is 3.27. The smallest absolute Gasteiger partial charge is 0.157 e. The molecule has 1 aromatic carbocycles.